The number of nitrogens with zero attached hydrogens (tertiary/aromatic N) is 2. The van der Waals surface area contributed by atoms with E-state index in [0.717, 1.165) is 11.3 Å². The first-order chi connectivity index (χ1) is 12.2. The van der Waals surface area contributed by atoms with Gasteiger partial charge >= 0.3 is 0 Å². The Morgan fingerprint density at radius 2 is 1.96 bits per heavy atom. The largest absolute Gasteiger partial charge is 0.493 e. The van der Waals surface area contributed by atoms with Crippen molar-refractivity contribution in [1.82, 2.24) is 9.80 Å². The molecule has 0 saturated carbocycles. The van der Waals surface area contributed by atoms with Crippen LogP contribution in [0.15, 0.2) is 24.3 Å². The predicted molar refractivity (Wildman–Crippen MR) is 103 cm³/mol. The Hall–Kier alpha value is -1.60. The van der Waals surface area contributed by atoms with Crippen LogP contribution in [0.5, 0.6) is 5.75 Å². The minimum Gasteiger partial charge on any atom is -0.493 e. The molecule has 6 nitrogen and oxygen atoms in total. The van der Waals surface area contributed by atoms with E-state index in [2.05, 4.69) is 13.8 Å². The Kier molecular flexibility index (Phi) is 7.06. The van der Waals surface area contributed by atoms with Crippen LogP contribution in [0.1, 0.15) is 25.8 Å². The van der Waals surface area contributed by atoms with Gasteiger partial charge in [-0.15, -0.1) is 0 Å². The zero-order valence-corrected chi connectivity index (χ0v) is 17.0. The number of hydrogen-bond acceptors (Lipinski definition) is 5. The van der Waals surface area contributed by atoms with Gasteiger partial charge in [-0.25, -0.2) is 8.42 Å². The summed E-state index contributed by atoms with van der Waals surface area (Å²) < 4.78 is 29.1. The molecule has 1 fully saturated rings. The lowest BCUT2D eigenvalue weighted by molar-refractivity contribution is -0.131. The number of ether oxygens (including phenoxy) is 1. The van der Waals surface area contributed by atoms with Crippen molar-refractivity contribution in [2.45, 2.75) is 32.9 Å². The SMILES string of the molecule is CC(C)COc1ccccc1CN(C)C(=O)CN(C)[C@@H]1CCS(=O)(=O)C1. The second-order valence-electron chi connectivity index (χ2n) is 7.53. The Balaban J connectivity index is 1.93. The molecule has 1 aromatic carbocycles. The summed E-state index contributed by atoms with van der Waals surface area (Å²) in [6.07, 6.45) is 0.599. The van der Waals surface area contributed by atoms with E-state index in [1.807, 2.05) is 36.2 Å². The lowest BCUT2D eigenvalue weighted by Crippen LogP contribution is -2.41. The van der Waals surface area contributed by atoms with E-state index in [1.54, 1.807) is 11.9 Å². The highest BCUT2D eigenvalue weighted by atomic mass is 32.2. The quantitative estimate of drug-likeness (QED) is 0.686. The van der Waals surface area contributed by atoms with Crippen LogP contribution in [0.2, 0.25) is 0 Å². The van der Waals surface area contributed by atoms with Crippen molar-refractivity contribution in [3.8, 4) is 5.75 Å². The summed E-state index contributed by atoms with van der Waals surface area (Å²) in [7, 11) is 0.634. The molecule has 0 unspecified atom stereocenters. The molecule has 0 aromatic heterocycles. The number of carbonyl (C=O) groups is 1. The molecule has 0 N–H and O–H groups in total. The third-order valence-corrected chi connectivity index (χ3v) is 6.34. The summed E-state index contributed by atoms with van der Waals surface area (Å²) in [4.78, 5) is 16.1. The van der Waals surface area contributed by atoms with Crippen molar-refractivity contribution >= 4 is 15.7 Å². The molecular weight excluding hydrogens is 352 g/mol. The Labute approximate surface area is 157 Å². The van der Waals surface area contributed by atoms with Crippen LogP contribution in [-0.2, 0) is 21.2 Å². The van der Waals surface area contributed by atoms with Gasteiger partial charge in [0, 0.05) is 25.2 Å². The van der Waals surface area contributed by atoms with E-state index >= 15 is 0 Å². The molecule has 0 aliphatic carbocycles. The number of hydrogen-bond donors (Lipinski definition) is 0. The van der Waals surface area contributed by atoms with Crippen molar-refractivity contribution < 1.29 is 17.9 Å². The van der Waals surface area contributed by atoms with Crippen LogP contribution in [0.3, 0.4) is 0 Å². The van der Waals surface area contributed by atoms with Gasteiger partial charge < -0.3 is 9.64 Å². The van der Waals surface area contributed by atoms with Gasteiger partial charge in [0.25, 0.3) is 0 Å². The van der Waals surface area contributed by atoms with Crippen LogP contribution in [0.25, 0.3) is 0 Å². The van der Waals surface area contributed by atoms with E-state index in [0.29, 0.717) is 25.5 Å². The minimum absolute atomic E-state index is 0.0320. The van der Waals surface area contributed by atoms with E-state index in [4.69, 9.17) is 4.74 Å². The number of benzene rings is 1. The van der Waals surface area contributed by atoms with Gasteiger partial charge in [0.1, 0.15) is 5.75 Å². The van der Waals surface area contributed by atoms with Crippen LogP contribution in [0.4, 0.5) is 0 Å². The number of sulfone groups is 1. The molecule has 1 aliphatic rings. The van der Waals surface area contributed by atoms with Crippen LogP contribution < -0.4 is 4.74 Å². The van der Waals surface area contributed by atoms with Crippen LogP contribution in [0, 0.1) is 5.92 Å². The first-order valence-electron chi connectivity index (χ1n) is 9.03. The summed E-state index contributed by atoms with van der Waals surface area (Å²) in [5.41, 5.74) is 0.968. The van der Waals surface area contributed by atoms with Gasteiger partial charge in [-0.1, -0.05) is 32.0 Å². The molecule has 146 valence electrons. The maximum Gasteiger partial charge on any atom is 0.236 e. The van der Waals surface area contributed by atoms with Crippen molar-refractivity contribution in [3.63, 3.8) is 0 Å². The molecule has 1 atom stereocenters. The fourth-order valence-corrected chi connectivity index (χ4v) is 4.77. The lowest BCUT2D eigenvalue weighted by atomic mass is 10.2. The summed E-state index contributed by atoms with van der Waals surface area (Å²) in [6, 6.07) is 7.68. The molecule has 1 aromatic rings. The minimum atomic E-state index is -2.95. The molecule has 1 aliphatic heterocycles. The monoisotopic (exact) mass is 382 g/mol. The highest BCUT2D eigenvalue weighted by Crippen LogP contribution is 2.21. The average molecular weight is 383 g/mol. The third kappa shape index (κ3) is 5.99. The van der Waals surface area contributed by atoms with E-state index < -0.39 is 9.84 Å². The molecule has 1 heterocycles. The number of amides is 1. The first kappa shape index (κ1) is 20.7. The van der Waals surface area contributed by atoms with Gasteiger partial charge in [-0.2, -0.15) is 0 Å². The highest BCUT2D eigenvalue weighted by Gasteiger charge is 2.31. The molecule has 7 heteroatoms. The van der Waals surface area contributed by atoms with Crippen molar-refractivity contribution in [2.75, 3.05) is 38.8 Å². The molecule has 0 spiro atoms. The van der Waals surface area contributed by atoms with Gasteiger partial charge in [0.15, 0.2) is 9.84 Å². The number of carbonyl (C=O) groups excluding carboxylic acids is 1. The Morgan fingerprint density at radius 1 is 1.27 bits per heavy atom. The predicted octanol–water partition coefficient (Wildman–Crippen LogP) is 1.80. The van der Waals surface area contributed by atoms with E-state index in [-0.39, 0.29) is 30.0 Å². The zero-order valence-electron chi connectivity index (χ0n) is 16.1. The lowest BCUT2D eigenvalue weighted by Gasteiger charge is -2.26. The molecule has 1 saturated heterocycles. The molecule has 1 amide bonds. The Bertz CT molecular complexity index is 718. The fourth-order valence-electron chi connectivity index (χ4n) is 2.96. The maximum atomic E-state index is 12.5. The summed E-state index contributed by atoms with van der Waals surface area (Å²) in [5, 5.41) is 0. The number of para-hydroxylation sites is 1. The maximum absolute atomic E-state index is 12.5. The molecular formula is C19H30N2O4S. The van der Waals surface area contributed by atoms with Crippen molar-refractivity contribution in [2.24, 2.45) is 5.92 Å². The topological polar surface area (TPSA) is 66.9 Å². The van der Waals surface area contributed by atoms with Crippen molar-refractivity contribution in [1.29, 1.82) is 0 Å². The zero-order chi connectivity index (χ0) is 19.3. The third-order valence-electron chi connectivity index (χ3n) is 4.59. The van der Waals surface area contributed by atoms with Gasteiger partial charge in [0.2, 0.25) is 5.91 Å². The average Bonchev–Trinajstić information content (AvgIpc) is 2.94. The van der Waals surface area contributed by atoms with Crippen LogP contribution in [-0.4, -0.2) is 68.9 Å². The van der Waals surface area contributed by atoms with Crippen molar-refractivity contribution in [3.05, 3.63) is 29.8 Å². The second-order valence-corrected chi connectivity index (χ2v) is 9.76. The summed E-state index contributed by atoms with van der Waals surface area (Å²) in [5.74, 6) is 1.56. The normalized spacial score (nSPS) is 19.1. The Morgan fingerprint density at radius 3 is 2.58 bits per heavy atom. The standard InChI is InChI=1S/C19H30N2O4S/c1-15(2)13-25-18-8-6-5-7-16(18)11-21(4)19(22)12-20(3)17-9-10-26(23,24)14-17/h5-8,15,17H,9-14H2,1-4H3/t17-/m1/s1. The van der Waals surface area contributed by atoms with E-state index in [1.165, 1.54) is 0 Å². The molecule has 26 heavy (non-hydrogen) atoms. The first-order valence-corrected chi connectivity index (χ1v) is 10.9. The van der Waals surface area contributed by atoms with E-state index in [9.17, 15) is 13.2 Å². The number of rotatable bonds is 8. The molecule has 2 rings (SSSR count). The molecule has 0 bridgehead atoms. The van der Waals surface area contributed by atoms with Crippen LogP contribution >= 0.6 is 0 Å². The second kappa shape index (κ2) is 8.86. The number of likely N-dealkylation sites (N-methyl/N-ethyl adjacent to an activating group) is 2. The highest BCUT2D eigenvalue weighted by molar-refractivity contribution is 7.91. The smallest absolute Gasteiger partial charge is 0.236 e. The summed E-state index contributed by atoms with van der Waals surface area (Å²) in [6.45, 7) is 5.50. The van der Waals surface area contributed by atoms with Gasteiger partial charge in [-0.3, -0.25) is 9.69 Å². The summed E-state index contributed by atoms with van der Waals surface area (Å²) >= 11 is 0. The van der Waals surface area contributed by atoms with Gasteiger partial charge in [-0.05, 0) is 25.5 Å². The molecule has 0 radical (unpaired) electrons. The fraction of sp³-hybridized carbons (Fsp3) is 0.632. The van der Waals surface area contributed by atoms with Gasteiger partial charge in [0.05, 0.1) is 24.7 Å².